The quantitative estimate of drug-likeness (QED) is 0.614. The van der Waals surface area contributed by atoms with Gasteiger partial charge in [0, 0.05) is 29.6 Å². The number of aromatic nitrogens is 1. The molecule has 5 rings (SSSR count). The zero-order chi connectivity index (χ0) is 22.6. The van der Waals surface area contributed by atoms with Crippen LogP contribution in [0.3, 0.4) is 0 Å². The minimum Gasteiger partial charge on any atom is -0.356 e. The highest BCUT2D eigenvalue weighted by molar-refractivity contribution is 6.24. The first-order chi connectivity index (χ1) is 15.4. The van der Waals surface area contributed by atoms with Gasteiger partial charge in [0.2, 0.25) is 0 Å². The number of carbonyl (C=O) groups excluding carboxylic acids is 3. The summed E-state index contributed by atoms with van der Waals surface area (Å²) in [6.07, 6.45) is 0.451. The van der Waals surface area contributed by atoms with Gasteiger partial charge in [0.15, 0.2) is 0 Å². The van der Waals surface area contributed by atoms with E-state index in [1.165, 1.54) is 4.90 Å². The number of carbonyl (C=O) groups is 3. The van der Waals surface area contributed by atoms with E-state index < -0.39 is 6.04 Å². The van der Waals surface area contributed by atoms with E-state index in [4.69, 9.17) is 0 Å². The van der Waals surface area contributed by atoms with E-state index in [-0.39, 0.29) is 23.9 Å². The molecule has 2 N–H and O–H groups in total. The van der Waals surface area contributed by atoms with Gasteiger partial charge < -0.3 is 15.2 Å². The van der Waals surface area contributed by atoms with E-state index in [9.17, 15) is 14.4 Å². The van der Waals surface area contributed by atoms with Crippen LogP contribution in [0.2, 0.25) is 0 Å². The molecule has 3 aromatic rings. The van der Waals surface area contributed by atoms with Gasteiger partial charge >= 0.3 is 6.03 Å². The Morgan fingerprint density at radius 1 is 1.12 bits per heavy atom. The lowest BCUT2D eigenvalue weighted by molar-refractivity contribution is -0.120. The summed E-state index contributed by atoms with van der Waals surface area (Å²) in [5, 5.41) is 3.97. The first-order valence-corrected chi connectivity index (χ1v) is 11.0. The Bertz CT molecular complexity index is 1240. The molecule has 2 aliphatic rings. The van der Waals surface area contributed by atoms with Crippen LogP contribution < -0.4 is 10.2 Å². The number of aromatic amines is 1. The average Bonchev–Trinajstić information content (AvgIpc) is 3.28. The molecule has 0 aliphatic carbocycles. The van der Waals surface area contributed by atoms with Gasteiger partial charge in [-0.3, -0.25) is 9.59 Å². The molecule has 7 nitrogen and oxygen atoms in total. The van der Waals surface area contributed by atoms with Crippen LogP contribution in [0.25, 0.3) is 10.9 Å². The second-order valence-corrected chi connectivity index (χ2v) is 8.94. The number of imide groups is 1. The molecule has 1 aromatic heterocycles. The van der Waals surface area contributed by atoms with E-state index in [1.54, 1.807) is 29.2 Å². The molecule has 0 bridgehead atoms. The van der Waals surface area contributed by atoms with Crippen molar-refractivity contribution in [3.05, 3.63) is 65.4 Å². The van der Waals surface area contributed by atoms with Crippen LogP contribution in [0, 0.1) is 5.92 Å². The summed E-state index contributed by atoms with van der Waals surface area (Å²) >= 11 is 0. The van der Waals surface area contributed by atoms with Crippen molar-refractivity contribution in [2.45, 2.75) is 39.3 Å². The van der Waals surface area contributed by atoms with Gasteiger partial charge in [0.1, 0.15) is 6.04 Å². The maximum absolute atomic E-state index is 13.5. The molecule has 0 saturated carbocycles. The number of H-pyrrole nitrogens is 1. The average molecular weight is 431 g/mol. The number of rotatable bonds is 4. The van der Waals surface area contributed by atoms with Crippen molar-refractivity contribution in [1.82, 2.24) is 15.2 Å². The normalized spacial score (nSPS) is 20.1. The minimum atomic E-state index is -0.587. The Kier molecular flexibility index (Phi) is 4.77. The number of hydrogen-bond donors (Lipinski definition) is 2. The highest BCUT2D eigenvalue weighted by Crippen LogP contribution is 2.42. The second kappa shape index (κ2) is 7.51. The summed E-state index contributed by atoms with van der Waals surface area (Å²) < 4.78 is 0. The van der Waals surface area contributed by atoms with E-state index in [0.29, 0.717) is 30.1 Å². The number of para-hydroxylation sites is 2. The molecule has 0 spiro atoms. The van der Waals surface area contributed by atoms with E-state index in [1.807, 2.05) is 45.0 Å². The van der Waals surface area contributed by atoms with Gasteiger partial charge in [0.25, 0.3) is 11.8 Å². The van der Waals surface area contributed by atoms with Crippen molar-refractivity contribution in [3.63, 3.8) is 0 Å². The molecule has 2 atom stereocenters. The maximum atomic E-state index is 13.5. The molecular formula is C25H26N4O3. The number of amides is 4. The number of hydrogen-bond acceptors (Lipinski definition) is 3. The first kappa shape index (κ1) is 20.3. The molecule has 0 unspecified atom stereocenters. The maximum Gasteiger partial charge on any atom is 0.332 e. The van der Waals surface area contributed by atoms with Gasteiger partial charge in [-0.15, -0.1) is 0 Å². The monoisotopic (exact) mass is 430 g/mol. The third-order valence-electron chi connectivity index (χ3n) is 6.39. The topological polar surface area (TPSA) is 85.5 Å². The molecule has 1 fully saturated rings. The lowest BCUT2D eigenvalue weighted by Crippen LogP contribution is -2.42. The van der Waals surface area contributed by atoms with E-state index >= 15 is 0 Å². The summed E-state index contributed by atoms with van der Waals surface area (Å²) in [6.45, 7) is 6.48. The van der Waals surface area contributed by atoms with Crippen LogP contribution in [0.4, 0.5) is 10.5 Å². The molecule has 32 heavy (non-hydrogen) atoms. The summed E-state index contributed by atoms with van der Waals surface area (Å²) in [6, 6.07) is 13.5. The van der Waals surface area contributed by atoms with Gasteiger partial charge in [-0.05, 0) is 36.6 Å². The molecule has 1 saturated heterocycles. The van der Waals surface area contributed by atoms with Crippen LogP contribution >= 0.6 is 0 Å². The number of nitrogens with zero attached hydrogens (tertiary/aromatic N) is 2. The molecule has 3 heterocycles. The number of urea groups is 1. The van der Waals surface area contributed by atoms with E-state index in [0.717, 1.165) is 22.2 Å². The lowest BCUT2D eigenvalue weighted by atomic mass is 9.93. The number of anilines is 1. The highest BCUT2D eigenvalue weighted by atomic mass is 16.2. The smallest absolute Gasteiger partial charge is 0.332 e. The van der Waals surface area contributed by atoms with E-state index in [2.05, 4.69) is 10.3 Å². The predicted octanol–water partition coefficient (Wildman–Crippen LogP) is 4.01. The molecule has 2 aliphatic heterocycles. The fraction of sp³-hybridized carbons (Fsp3) is 0.320. The van der Waals surface area contributed by atoms with Crippen molar-refractivity contribution < 1.29 is 14.4 Å². The predicted molar refractivity (Wildman–Crippen MR) is 123 cm³/mol. The Hall–Kier alpha value is -3.61. The highest BCUT2D eigenvalue weighted by Gasteiger charge is 2.52. The Labute approximate surface area is 186 Å². The van der Waals surface area contributed by atoms with Crippen LogP contribution in [-0.4, -0.2) is 40.3 Å². The molecular weight excluding hydrogens is 404 g/mol. The second-order valence-electron chi connectivity index (χ2n) is 8.94. The minimum absolute atomic E-state index is 0.278. The van der Waals surface area contributed by atoms with Gasteiger partial charge in [0.05, 0.1) is 17.3 Å². The Morgan fingerprint density at radius 2 is 1.84 bits per heavy atom. The van der Waals surface area contributed by atoms with Crippen molar-refractivity contribution >= 4 is 34.4 Å². The van der Waals surface area contributed by atoms with Gasteiger partial charge in [-0.2, -0.15) is 0 Å². The zero-order valence-electron chi connectivity index (χ0n) is 18.4. The molecule has 7 heteroatoms. The molecule has 0 radical (unpaired) electrons. The summed E-state index contributed by atoms with van der Waals surface area (Å²) in [4.78, 5) is 46.1. The largest absolute Gasteiger partial charge is 0.356 e. The van der Waals surface area contributed by atoms with Crippen LogP contribution in [0.1, 0.15) is 48.4 Å². The summed E-state index contributed by atoms with van der Waals surface area (Å²) in [7, 11) is 0. The van der Waals surface area contributed by atoms with Crippen LogP contribution in [-0.2, 0) is 11.2 Å². The van der Waals surface area contributed by atoms with Gasteiger partial charge in [-0.25, -0.2) is 9.69 Å². The van der Waals surface area contributed by atoms with Crippen molar-refractivity contribution in [3.8, 4) is 0 Å². The SMILES string of the molecule is CC(C)CNC(=O)c1ccccc1N1C(=O)[C@@H]2Cc3c([nH]c4ccccc34)[C@H](C)N2C1=O. The third kappa shape index (κ3) is 2.99. The molecule has 2 aromatic carbocycles. The fourth-order valence-electron chi connectivity index (χ4n) is 4.84. The van der Waals surface area contributed by atoms with Crippen LogP contribution in [0.15, 0.2) is 48.5 Å². The fourth-order valence-corrected chi connectivity index (χ4v) is 4.84. The first-order valence-electron chi connectivity index (χ1n) is 11.0. The van der Waals surface area contributed by atoms with Crippen molar-refractivity contribution in [2.75, 3.05) is 11.4 Å². The summed E-state index contributed by atoms with van der Waals surface area (Å²) in [5.41, 5.74) is 3.72. The number of fused-ring (bicyclic) bond motifs is 4. The van der Waals surface area contributed by atoms with Crippen LogP contribution in [0.5, 0.6) is 0 Å². The molecule has 4 amide bonds. The summed E-state index contributed by atoms with van der Waals surface area (Å²) in [5.74, 6) is -0.286. The Morgan fingerprint density at radius 3 is 2.62 bits per heavy atom. The lowest BCUT2D eigenvalue weighted by Gasteiger charge is -2.33. The molecule has 164 valence electrons. The van der Waals surface area contributed by atoms with Gasteiger partial charge in [-0.1, -0.05) is 44.2 Å². The number of benzene rings is 2. The zero-order valence-corrected chi connectivity index (χ0v) is 18.4. The standard InChI is InChI=1S/C25H26N4O3/c1-14(2)13-26-23(30)17-9-5-7-11-20(17)29-24(31)21-12-18-16-8-4-6-10-19(16)27-22(18)15(3)28(21)25(29)32/h4-11,14-15,21,27H,12-13H2,1-3H3,(H,26,30)/t15-,21-/m0/s1. The van der Waals surface area contributed by atoms with Crippen molar-refractivity contribution in [1.29, 1.82) is 0 Å². The third-order valence-corrected chi connectivity index (χ3v) is 6.39. The Balaban J connectivity index is 1.52. The van der Waals surface area contributed by atoms with Crippen molar-refractivity contribution in [2.24, 2.45) is 5.92 Å². The number of nitrogens with one attached hydrogen (secondary N) is 2.